The van der Waals surface area contributed by atoms with Gasteiger partial charge in [-0.1, -0.05) is 16.9 Å². The molecule has 0 aromatic rings. The van der Waals surface area contributed by atoms with Gasteiger partial charge in [0.05, 0.1) is 0 Å². The lowest BCUT2D eigenvalue weighted by Crippen LogP contribution is -2.46. The summed E-state index contributed by atoms with van der Waals surface area (Å²) in [6.45, 7) is 16.8. The Morgan fingerprint density at radius 3 is 2.52 bits per heavy atom. The summed E-state index contributed by atoms with van der Waals surface area (Å²) in [5, 5.41) is 7.75. The average Bonchev–Trinajstić information content (AvgIpc) is 2.55. The summed E-state index contributed by atoms with van der Waals surface area (Å²) in [6.07, 6.45) is 2.59. The fourth-order valence-electron chi connectivity index (χ4n) is 2.32. The standard InChI is InChI=1S/C16H32N6O2SSi2/c1-14(12-21-22-17)11-20-16(18-3)25-13-27(6,7)24-26(4,5)10-8-9-19-15(2)23/h11H,3,8-10,12-13H2,1-2,4-7H3,(H,19,23)/b14-11+,20-16+. The van der Waals surface area contributed by atoms with Gasteiger partial charge in [0, 0.05) is 36.5 Å². The molecule has 11 heteroatoms. The van der Waals surface area contributed by atoms with Crippen molar-refractivity contribution in [2.45, 2.75) is 52.5 Å². The summed E-state index contributed by atoms with van der Waals surface area (Å²) in [5.74, 6) is 0.00829. The van der Waals surface area contributed by atoms with Crippen LogP contribution in [0.4, 0.5) is 0 Å². The van der Waals surface area contributed by atoms with Gasteiger partial charge >= 0.3 is 0 Å². The van der Waals surface area contributed by atoms with E-state index in [0.717, 1.165) is 23.4 Å². The smallest absolute Gasteiger partial charge is 0.216 e. The highest BCUT2D eigenvalue weighted by atomic mass is 32.2. The van der Waals surface area contributed by atoms with Crippen molar-refractivity contribution in [3.63, 3.8) is 0 Å². The number of nitrogens with one attached hydrogen (secondary N) is 1. The number of carbonyl (C=O) groups excluding carboxylic acids is 1. The van der Waals surface area contributed by atoms with Gasteiger partial charge in [0.15, 0.2) is 21.8 Å². The van der Waals surface area contributed by atoms with E-state index in [1.807, 2.05) is 6.92 Å². The Morgan fingerprint density at radius 2 is 1.96 bits per heavy atom. The third kappa shape index (κ3) is 14.3. The van der Waals surface area contributed by atoms with Crippen molar-refractivity contribution < 1.29 is 8.91 Å². The van der Waals surface area contributed by atoms with E-state index in [0.29, 0.717) is 11.7 Å². The molecule has 1 N–H and O–H groups in total. The quantitative estimate of drug-likeness (QED) is 0.0995. The molecular weight excluding hydrogens is 396 g/mol. The first-order valence-corrected chi connectivity index (χ1v) is 16.0. The number of carbonyl (C=O) groups is 1. The number of azide groups is 1. The largest absolute Gasteiger partial charge is 0.455 e. The average molecular weight is 429 g/mol. The van der Waals surface area contributed by atoms with Crippen LogP contribution in [-0.4, -0.2) is 52.9 Å². The van der Waals surface area contributed by atoms with Gasteiger partial charge in [0.2, 0.25) is 5.91 Å². The molecule has 0 aliphatic heterocycles. The normalized spacial score (nSPS) is 13.1. The van der Waals surface area contributed by atoms with Gasteiger partial charge in [-0.05, 0) is 63.4 Å². The molecule has 0 saturated heterocycles. The lowest BCUT2D eigenvalue weighted by molar-refractivity contribution is -0.118. The molecule has 0 rings (SSSR count). The van der Waals surface area contributed by atoms with E-state index in [2.05, 4.69) is 58.2 Å². The monoisotopic (exact) mass is 428 g/mol. The molecule has 0 saturated carbocycles. The minimum atomic E-state index is -1.90. The van der Waals surface area contributed by atoms with Gasteiger partial charge in [-0.25, -0.2) is 9.98 Å². The fraction of sp³-hybridized carbons (Fsp3) is 0.688. The first-order chi connectivity index (χ1) is 12.5. The highest BCUT2D eigenvalue weighted by Gasteiger charge is 2.33. The van der Waals surface area contributed by atoms with Gasteiger partial charge in [0.25, 0.3) is 0 Å². The highest BCUT2D eigenvalue weighted by molar-refractivity contribution is 8.15. The summed E-state index contributed by atoms with van der Waals surface area (Å²) in [5.41, 5.74) is 9.19. The number of rotatable bonds is 11. The fourth-order valence-corrected chi connectivity index (χ4v) is 12.6. The van der Waals surface area contributed by atoms with Crippen LogP contribution >= 0.6 is 11.8 Å². The van der Waals surface area contributed by atoms with Gasteiger partial charge in [-0.2, -0.15) is 0 Å². The Kier molecular flexibility index (Phi) is 12.2. The molecule has 0 aromatic carbocycles. The molecule has 0 aliphatic carbocycles. The van der Waals surface area contributed by atoms with Crippen molar-refractivity contribution in [2.75, 3.05) is 18.5 Å². The Hall–Kier alpha value is -1.40. The molecule has 0 aromatic heterocycles. The van der Waals surface area contributed by atoms with Crippen LogP contribution in [0.1, 0.15) is 20.3 Å². The molecular formula is C16H32N6O2SSi2. The molecule has 0 heterocycles. The van der Waals surface area contributed by atoms with Gasteiger partial charge in [0.1, 0.15) is 0 Å². The van der Waals surface area contributed by atoms with Gasteiger partial charge < -0.3 is 9.43 Å². The Bertz CT molecular complexity index is 616. The first-order valence-electron chi connectivity index (χ1n) is 8.80. The predicted octanol–water partition coefficient (Wildman–Crippen LogP) is 4.48. The molecule has 1 amide bonds. The molecule has 0 atom stereocenters. The number of nitrogens with zero attached hydrogens (tertiary/aromatic N) is 5. The minimum Gasteiger partial charge on any atom is -0.455 e. The zero-order valence-corrected chi connectivity index (χ0v) is 20.1. The summed E-state index contributed by atoms with van der Waals surface area (Å²) in [7, 11) is -3.69. The van der Waals surface area contributed by atoms with Crippen LogP contribution in [0.3, 0.4) is 0 Å². The van der Waals surface area contributed by atoms with Crippen molar-refractivity contribution in [3.05, 3.63) is 22.2 Å². The summed E-state index contributed by atoms with van der Waals surface area (Å²) < 4.78 is 6.56. The van der Waals surface area contributed by atoms with Crippen molar-refractivity contribution >= 4 is 46.2 Å². The van der Waals surface area contributed by atoms with Crippen molar-refractivity contribution in [1.29, 1.82) is 0 Å². The van der Waals surface area contributed by atoms with Crippen LogP contribution in [0.2, 0.25) is 32.2 Å². The van der Waals surface area contributed by atoms with Crippen LogP contribution in [0.5, 0.6) is 0 Å². The van der Waals surface area contributed by atoms with E-state index in [1.54, 1.807) is 18.0 Å². The van der Waals surface area contributed by atoms with Crippen LogP contribution in [0.25, 0.3) is 10.4 Å². The van der Waals surface area contributed by atoms with Crippen molar-refractivity contribution in [1.82, 2.24) is 5.32 Å². The SMILES string of the molecule is C=N/C(=N\C=C(/C)CN=[N+]=[N-])SC[Si](C)(C)O[Si](C)(C)CCCNC(C)=O. The first kappa shape index (κ1) is 25.6. The number of hydrogen-bond acceptors (Lipinski definition) is 5. The maximum Gasteiger partial charge on any atom is 0.216 e. The van der Waals surface area contributed by atoms with Crippen molar-refractivity contribution in [2.24, 2.45) is 15.1 Å². The number of hydrogen-bond donors (Lipinski definition) is 1. The number of amidine groups is 1. The molecule has 152 valence electrons. The van der Waals surface area contributed by atoms with Gasteiger partial charge in [-0.3, -0.25) is 4.79 Å². The van der Waals surface area contributed by atoms with Crippen LogP contribution in [-0.2, 0) is 8.91 Å². The van der Waals surface area contributed by atoms with Crippen LogP contribution < -0.4 is 5.32 Å². The molecule has 0 radical (unpaired) electrons. The highest BCUT2D eigenvalue weighted by Crippen LogP contribution is 2.23. The maximum atomic E-state index is 10.9. The maximum absolute atomic E-state index is 10.9. The lowest BCUT2D eigenvalue weighted by Gasteiger charge is -2.33. The van der Waals surface area contributed by atoms with E-state index in [-0.39, 0.29) is 12.5 Å². The summed E-state index contributed by atoms with van der Waals surface area (Å²) >= 11 is 1.54. The predicted molar refractivity (Wildman–Crippen MR) is 121 cm³/mol. The molecule has 0 bridgehead atoms. The lowest BCUT2D eigenvalue weighted by atomic mass is 10.3. The third-order valence-corrected chi connectivity index (χ3v) is 13.2. The number of amides is 1. The van der Waals surface area contributed by atoms with E-state index in [4.69, 9.17) is 9.65 Å². The zero-order chi connectivity index (χ0) is 20.9. The van der Waals surface area contributed by atoms with Crippen LogP contribution in [0, 0.1) is 0 Å². The topological polar surface area (TPSA) is 112 Å². The van der Waals surface area contributed by atoms with E-state index >= 15 is 0 Å². The number of aliphatic imine (C=N–C) groups is 2. The molecule has 8 nitrogen and oxygen atoms in total. The Balaban J connectivity index is 4.63. The van der Waals surface area contributed by atoms with E-state index in [1.165, 1.54) is 6.92 Å². The summed E-state index contributed by atoms with van der Waals surface area (Å²) in [6, 6.07) is 1.01. The second-order valence-electron chi connectivity index (χ2n) is 7.43. The van der Waals surface area contributed by atoms with Gasteiger partial charge in [-0.15, -0.1) is 0 Å². The Labute approximate surface area is 168 Å². The molecule has 0 fully saturated rings. The second kappa shape index (κ2) is 12.9. The Morgan fingerprint density at radius 1 is 1.30 bits per heavy atom. The zero-order valence-electron chi connectivity index (χ0n) is 17.3. The third-order valence-electron chi connectivity index (χ3n) is 3.35. The molecule has 0 aliphatic rings. The van der Waals surface area contributed by atoms with E-state index < -0.39 is 16.6 Å². The second-order valence-corrected chi connectivity index (χ2v) is 17.6. The minimum absolute atomic E-state index is 0.00829. The van der Waals surface area contributed by atoms with Crippen LogP contribution in [0.15, 0.2) is 26.9 Å². The molecule has 27 heavy (non-hydrogen) atoms. The molecule has 0 unspecified atom stereocenters. The summed E-state index contributed by atoms with van der Waals surface area (Å²) in [4.78, 5) is 22.0. The number of thioether (sulfide) groups is 1. The van der Waals surface area contributed by atoms with Crippen molar-refractivity contribution in [3.8, 4) is 0 Å². The molecule has 0 spiro atoms. The van der Waals surface area contributed by atoms with E-state index in [9.17, 15) is 4.79 Å².